The normalized spacial score (nSPS) is 40.7. The molecule has 0 spiro atoms. The number of aliphatic hydroxyl groups excluding tert-OH is 1. The minimum Gasteiger partial charge on any atom is -0.438 e. The van der Waals surface area contributed by atoms with Crippen molar-refractivity contribution in [3.63, 3.8) is 0 Å². The van der Waals surface area contributed by atoms with Crippen molar-refractivity contribution in [3.05, 3.63) is 12.2 Å². The fraction of sp³-hybridized carbons (Fsp3) is 0.881. The van der Waals surface area contributed by atoms with E-state index in [2.05, 4.69) is 41.2 Å². The van der Waals surface area contributed by atoms with Gasteiger partial charge in [0.25, 0.3) is 0 Å². The van der Waals surface area contributed by atoms with Crippen molar-refractivity contribution in [2.45, 2.75) is 146 Å². The summed E-state index contributed by atoms with van der Waals surface area (Å²) >= 11 is 0. The molecule has 0 radical (unpaired) electrons. The van der Waals surface area contributed by atoms with E-state index in [0.717, 1.165) is 63.4 Å². The lowest BCUT2D eigenvalue weighted by Crippen LogP contribution is -2.67. The Morgan fingerprint density at radius 3 is 1.94 bits per heavy atom. The second kappa shape index (κ2) is 13.2. The van der Waals surface area contributed by atoms with Gasteiger partial charge in [0.15, 0.2) is 6.79 Å². The molecule has 0 aromatic carbocycles. The molecule has 0 aliphatic heterocycles. The number of carbonyl (C=O) groups is 3. The Balaban J connectivity index is 1.42. The average Bonchev–Trinajstić information content (AvgIpc) is 3.41. The van der Waals surface area contributed by atoms with Gasteiger partial charge in [-0.25, -0.2) is 0 Å². The number of fused-ring (bicyclic) bond motifs is 7. The lowest BCUT2D eigenvalue weighted by molar-refractivity contribution is -0.249. The largest absolute Gasteiger partial charge is 0.438 e. The lowest BCUT2D eigenvalue weighted by Gasteiger charge is -2.72. The first-order valence-corrected chi connectivity index (χ1v) is 19.4. The van der Waals surface area contributed by atoms with Gasteiger partial charge in [-0.05, 0) is 163 Å². The van der Waals surface area contributed by atoms with Crippen molar-refractivity contribution < 1.29 is 38.4 Å². The molecule has 0 aromatic heterocycles. The van der Waals surface area contributed by atoms with Crippen LogP contribution in [0, 0.1) is 67.5 Å². The van der Waals surface area contributed by atoms with Crippen molar-refractivity contribution in [1.29, 1.82) is 0 Å². The van der Waals surface area contributed by atoms with Crippen molar-refractivity contribution in [3.8, 4) is 0 Å². The highest BCUT2D eigenvalue weighted by Gasteiger charge is 2.72. The average molecular weight is 701 g/mol. The molecule has 284 valence electrons. The van der Waals surface area contributed by atoms with Crippen molar-refractivity contribution in [2.24, 2.45) is 67.5 Å². The van der Waals surface area contributed by atoms with Crippen molar-refractivity contribution in [2.75, 3.05) is 20.2 Å². The summed E-state index contributed by atoms with van der Waals surface area (Å²) in [5, 5.41) is 11.1. The summed E-state index contributed by atoms with van der Waals surface area (Å²) in [5.41, 5.74) is -0.913. The maximum Gasteiger partial charge on any atom is 0.315 e. The van der Waals surface area contributed by atoms with Crippen LogP contribution in [-0.4, -0.2) is 49.3 Å². The SMILES string of the molecule is C=C(COCOC(=O)C(C)(C)C)[C@@H]1CC[C@]2(C(=O)OCOC(=O)C(C)(C)C)CC[C@]3(C)C(CCC4[C@@]5(C)CC[C@H](O)C(C)(C)C5CC[C@]43C)C12. The van der Waals surface area contributed by atoms with E-state index in [4.69, 9.17) is 18.9 Å². The molecule has 5 aliphatic carbocycles. The van der Waals surface area contributed by atoms with Crippen LogP contribution in [0.25, 0.3) is 0 Å². The Morgan fingerprint density at radius 1 is 0.700 bits per heavy atom. The summed E-state index contributed by atoms with van der Waals surface area (Å²) in [6.45, 7) is 27.3. The van der Waals surface area contributed by atoms with Gasteiger partial charge >= 0.3 is 17.9 Å². The number of rotatable bonds is 8. The Morgan fingerprint density at radius 2 is 1.32 bits per heavy atom. The maximum absolute atomic E-state index is 14.4. The summed E-state index contributed by atoms with van der Waals surface area (Å²) in [5.74, 6) is 0.416. The fourth-order valence-corrected chi connectivity index (χ4v) is 12.5. The number of aliphatic hydroxyl groups is 1. The molecule has 5 fully saturated rings. The predicted octanol–water partition coefficient (Wildman–Crippen LogP) is 8.64. The zero-order valence-corrected chi connectivity index (χ0v) is 33.2. The Labute approximate surface area is 302 Å². The third-order valence-electron chi connectivity index (χ3n) is 15.5. The van der Waals surface area contributed by atoms with Gasteiger partial charge in [-0.2, -0.15) is 0 Å². The zero-order valence-electron chi connectivity index (χ0n) is 33.2. The van der Waals surface area contributed by atoms with E-state index in [1.165, 1.54) is 0 Å². The molecule has 0 aromatic rings. The fourth-order valence-electron chi connectivity index (χ4n) is 12.5. The summed E-state index contributed by atoms with van der Waals surface area (Å²) in [7, 11) is 0. The van der Waals surface area contributed by atoms with Gasteiger partial charge in [0.2, 0.25) is 6.79 Å². The topological polar surface area (TPSA) is 108 Å². The Hall–Kier alpha value is -1.93. The van der Waals surface area contributed by atoms with Gasteiger partial charge in [0, 0.05) is 0 Å². The molecule has 5 aliphatic rings. The van der Waals surface area contributed by atoms with Crippen LogP contribution in [0.3, 0.4) is 0 Å². The Bertz CT molecular complexity index is 1340. The van der Waals surface area contributed by atoms with Crippen LogP contribution in [0.15, 0.2) is 12.2 Å². The molecule has 4 unspecified atom stereocenters. The van der Waals surface area contributed by atoms with E-state index < -0.39 is 22.2 Å². The zero-order chi connectivity index (χ0) is 37.3. The van der Waals surface area contributed by atoms with E-state index in [1.54, 1.807) is 20.8 Å². The molecular weight excluding hydrogens is 632 g/mol. The molecular formula is C42H68O8. The van der Waals surface area contributed by atoms with E-state index in [-0.39, 0.29) is 77.6 Å². The number of esters is 3. The van der Waals surface area contributed by atoms with Gasteiger partial charge in [-0.1, -0.05) is 41.2 Å². The molecule has 0 amide bonds. The highest BCUT2D eigenvalue weighted by atomic mass is 16.7. The molecule has 0 heterocycles. The van der Waals surface area contributed by atoms with Gasteiger partial charge < -0.3 is 24.1 Å². The Kier molecular flexibility index (Phi) is 10.4. The molecule has 5 saturated carbocycles. The molecule has 8 heteroatoms. The lowest BCUT2D eigenvalue weighted by atomic mass is 9.32. The van der Waals surface area contributed by atoms with Gasteiger partial charge in [0.1, 0.15) is 0 Å². The summed E-state index contributed by atoms with van der Waals surface area (Å²) in [6, 6.07) is 0. The number of hydrogen-bond donors (Lipinski definition) is 1. The van der Waals surface area contributed by atoms with E-state index in [0.29, 0.717) is 18.3 Å². The minimum absolute atomic E-state index is 0.00319. The van der Waals surface area contributed by atoms with Gasteiger partial charge in [-0.15, -0.1) is 0 Å². The second-order valence-electron chi connectivity index (χ2n) is 20.4. The highest BCUT2D eigenvalue weighted by Crippen LogP contribution is 2.77. The molecule has 8 nitrogen and oxygen atoms in total. The van der Waals surface area contributed by atoms with Crippen LogP contribution in [0.4, 0.5) is 0 Å². The third-order valence-corrected chi connectivity index (χ3v) is 15.5. The third kappa shape index (κ3) is 6.28. The van der Waals surface area contributed by atoms with Gasteiger partial charge in [-0.3, -0.25) is 14.4 Å². The van der Waals surface area contributed by atoms with Crippen molar-refractivity contribution >= 4 is 17.9 Å². The second-order valence-corrected chi connectivity index (χ2v) is 20.4. The van der Waals surface area contributed by atoms with Crippen LogP contribution < -0.4 is 0 Å². The molecule has 10 atom stereocenters. The van der Waals surface area contributed by atoms with E-state index in [1.807, 2.05) is 20.8 Å². The first kappa shape index (κ1) is 39.3. The minimum atomic E-state index is -0.689. The van der Waals surface area contributed by atoms with Crippen molar-refractivity contribution in [1.82, 2.24) is 0 Å². The van der Waals surface area contributed by atoms with Crippen LogP contribution in [-0.2, 0) is 33.3 Å². The molecule has 1 N–H and O–H groups in total. The standard InChI is InChI=1S/C42H68O8/c1-26(23-47-24-48-33(44)36(2,3)4)27-15-20-42(35(46)50-25-49-34(45)37(5,6)7)22-21-40(11)28(32(27)42)13-14-30-39(10)18-17-31(43)38(8,9)29(39)16-19-41(30,40)12/h27-32,43H,1,13-25H2,2-12H3/t27-,28?,29?,30?,31-,32?,39-,40+,41+,42-/m0/s1. The molecule has 0 saturated heterocycles. The first-order chi connectivity index (χ1) is 23.0. The monoisotopic (exact) mass is 700 g/mol. The summed E-state index contributed by atoms with van der Waals surface area (Å²) in [4.78, 5) is 39.2. The van der Waals surface area contributed by atoms with Crippen LogP contribution >= 0.6 is 0 Å². The maximum atomic E-state index is 14.4. The van der Waals surface area contributed by atoms with Crippen LogP contribution in [0.5, 0.6) is 0 Å². The molecule has 0 bridgehead atoms. The smallest absolute Gasteiger partial charge is 0.315 e. The van der Waals surface area contributed by atoms with E-state index in [9.17, 15) is 19.5 Å². The number of carbonyl (C=O) groups excluding carboxylic acids is 3. The van der Waals surface area contributed by atoms with Crippen LogP contribution in [0.1, 0.15) is 140 Å². The summed E-state index contributed by atoms with van der Waals surface area (Å²) in [6.07, 6.45) is 9.24. The number of hydrogen-bond acceptors (Lipinski definition) is 8. The van der Waals surface area contributed by atoms with Crippen LogP contribution in [0.2, 0.25) is 0 Å². The van der Waals surface area contributed by atoms with E-state index >= 15 is 0 Å². The molecule has 5 rings (SSSR count). The molecule has 50 heavy (non-hydrogen) atoms. The summed E-state index contributed by atoms with van der Waals surface area (Å²) < 4.78 is 22.6. The first-order valence-electron chi connectivity index (χ1n) is 19.4. The highest BCUT2D eigenvalue weighted by molar-refractivity contribution is 5.79. The number of ether oxygens (including phenoxy) is 4. The quantitative estimate of drug-likeness (QED) is 0.116. The van der Waals surface area contributed by atoms with Gasteiger partial charge in [0.05, 0.1) is 29.0 Å². The predicted molar refractivity (Wildman–Crippen MR) is 192 cm³/mol.